The van der Waals surface area contributed by atoms with Gasteiger partial charge in [0.15, 0.2) is 0 Å². The first kappa shape index (κ1) is 16.1. The maximum Gasteiger partial charge on any atom is 0.231 e. The van der Waals surface area contributed by atoms with Crippen molar-refractivity contribution in [2.24, 2.45) is 5.73 Å². The van der Waals surface area contributed by atoms with E-state index in [1.165, 1.54) is 0 Å². The van der Waals surface area contributed by atoms with Crippen molar-refractivity contribution in [1.82, 2.24) is 10.1 Å². The van der Waals surface area contributed by atoms with Crippen LogP contribution in [0.25, 0.3) is 0 Å². The smallest absolute Gasteiger partial charge is 0.231 e. The van der Waals surface area contributed by atoms with Crippen LogP contribution in [0, 0.1) is 0 Å². The predicted molar refractivity (Wildman–Crippen MR) is 74.9 cm³/mol. The van der Waals surface area contributed by atoms with E-state index < -0.39 is 5.60 Å². The Kier molecular flexibility index (Phi) is 6.45. The first-order valence-corrected chi connectivity index (χ1v) is 7.35. The summed E-state index contributed by atoms with van der Waals surface area (Å²) in [5.41, 5.74) is 5.35. The van der Waals surface area contributed by atoms with Gasteiger partial charge in [-0.1, -0.05) is 32.3 Å². The Morgan fingerprint density at radius 3 is 2.42 bits per heavy atom. The molecule has 0 amide bonds. The van der Waals surface area contributed by atoms with Crippen LogP contribution in [0.1, 0.15) is 71.0 Å². The van der Waals surface area contributed by atoms with Crippen molar-refractivity contribution in [3.8, 4) is 0 Å². The Morgan fingerprint density at radius 1 is 1.26 bits per heavy atom. The summed E-state index contributed by atoms with van der Waals surface area (Å²) in [7, 11) is 0. The zero-order valence-electron chi connectivity index (χ0n) is 12.6. The van der Waals surface area contributed by atoms with Crippen LogP contribution < -0.4 is 5.73 Å². The molecule has 0 fully saturated rings. The van der Waals surface area contributed by atoms with Gasteiger partial charge in [0.2, 0.25) is 11.7 Å². The van der Waals surface area contributed by atoms with Gasteiger partial charge in [-0.05, 0) is 26.2 Å². The van der Waals surface area contributed by atoms with Gasteiger partial charge < -0.3 is 15.0 Å². The van der Waals surface area contributed by atoms with E-state index in [1.54, 1.807) is 0 Å². The summed E-state index contributed by atoms with van der Waals surface area (Å²) in [6.45, 7) is 9.46. The first-order valence-electron chi connectivity index (χ1n) is 7.35. The summed E-state index contributed by atoms with van der Waals surface area (Å²) < 4.78 is 11.3. The molecule has 5 heteroatoms. The molecule has 2 N–H and O–H groups in total. The second-order valence-corrected chi connectivity index (χ2v) is 4.81. The van der Waals surface area contributed by atoms with Crippen LogP contribution in [0.3, 0.4) is 0 Å². The number of rotatable bonds is 9. The van der Waals surface area contributed by atoms with Crippen molar-refractivity contribution >= 4 is 0 Å². The molecule has 1 atom stereocenters. The lowest BCUT2D eigenvalue weighted by Gasteiger charge is -2.27. The lowest BCUT2D eigenvalue weighted by Crippen LogP contribution is -2.30. The molecular formula is C14H27N3O2. The fourth-order valence-electron chi connectivity index (χ4n) is 2.39. The minimum absolute atomic E-state index is 0.152. The lowest BCUT2D eigenvalue weighted by molar-refractivity contribution is -0.0583. The van der Waals surface area contributed by atoms with Gasteiger partial charge in [-0.2, -0.15) is 4.98 Å². The molecule has 0 saturated carbocycles. The second kappa shape index (κ2) is 7.60. The van der Waals surface area contributed by atoms with Crippen molar-refractivity contribution in [3.05, 3.63) is 11.7 Å². The summed E-state index contributed by atoms with van der Waals surface area (Å²) in [6, 6.07) is 0. The van der Waals surface area contributed by atoms with Crippen LogP contribution in [0.15, 0.2) is 4.52 Å². The molecule has 1 aromatic rings. The standard InChI is InChI=1S/C14H27N3O2/c1-5-9-11(10-15)12-16-13(17-19-12)14(6-2,7-3)18-8-4/h11H,5-10,15H2,1-4H3. The molecule has 0 aliphatic heterocycles. The van der Waals surface area contributed by atoms with E-state index in [4.69, 9.17) is 15.0 Å². The molecule has 110 valence electrons. The summed E-state index contributed by atoms with van der Waals surface area (Å²) in [4.78, 5) is 4.55. The van der Waals surface area contributed by atoms with Crippen molar-refractivity contribution < 1.29 is 9.26 Å². The normalized spacial score (nSPS) is 13.7. The van der Waals surface area contributed by atoms with Crippen molar-refractivity contribution in [2.75, 3.05) is 13.2 Å². The summed E-state index contributed by atoms with van der Waals surface area (Å²) >= 11 is 0. The van der Waals surface area contributed by atoms with Gasteiger partial charge in [-0.3, -0.25) is 0 Å². The number of nitrogens with zero attached hydrogens (tertiary/aromatic N) is 2. The maximum absolute atomic E-state index is 5.88. The van der Waals surface area contributed by atoms with Gasteiger partial charge in [-0.15, -0.1) is 0 Å². The van der Waals surface area contributed by atoms with Crippen LogP contribution in [0.4, 0.5) is 0 Å². The van der Waals surface area contributed by atoms with E-state index in [0.717, 1.165) is 25.7 Å². The SMILES string of the molecule is CCCC(CN)c1nc(C(CC)(CC)OCC)no1. The number of ether oxygens (including phenoxy) is 1. The first-order chi connectivity index (χ1) is 9.17. The van der Waals surface area contributed by atoms with E-state index in [1.807, 2.05) is 6.92 Å². The third kappa shape index (κ3) is 3.54. The average Bonchev–Trinajstić information content (AvgIpc) is 2.92. The van der Waals surface area contributed by atoms with E-state index in [-0.39, 0.29) is 5.92 Å². The third-order valence-electron chi connectivity index (χ3n) is 3.68. The zero-order chi connectivity index (χ0) is 14.3. The highest BCUT2D eigenvalue weighted by Gasteiger charge is 2.35. The Morgan fingerprint density at radius 2 is 1.95 bits per heavy atom. The largest absolute Gasteiger partial charge is 0.367 e. The van der Waals surface area contributed by atoms with Crippen LogP contribution in [0.5, 0.6) is 0 Å². The van der Waals surface area contributed by atoms with Crippen LogP contribution in [-0.4, -0.2) is 23.3 Å². The van der Waals surface area contributed by atoms with Gasteiger partial charge >= 0.3 is 0 Å². The molecule has 1 aromatic heterocycles. The highest BCUT2D eigenvalue weighted by molar-refractivity contribution is 5.03. The van der Waals surface area contributed by atoms with Gasteiger partial charge in [0.1, 0.15) is 5.60 Å². The number of aromatic nitrogens is 2. The second-order valence-electron chi connectivity index (χ2n) is 4.81. The molecule has 0 saturated heterocycles. The lowest BCUT2D eigenvalue weighted by atomic mass is 9.96. The molecule has 0 aromatic carbocycles. The summed E-state index contributed by atoms with van der Waals surface area (Å²) in [5, 5.41) is 4.13. The maximum atomic E-state index is 5.88. The van der Waals surface area contributed by atoms with E-state index >= 15 is 0 Å². The molecule has 19 heavy (non-hydrogen) atoms. The third-order valence-corrected chi connectivity index (χ3v) is 3.68. The minimum atomic E-state index is -0.429. The summed E-state index contributed by atoms with van der Waals surface area (Å²) in [6.07, 6.45) is 3.69. The number of hydrogen-bond donors (Lipinski definition) is 1. The molecular weight excluding hydrogens is 242 g/mol. The average molecular weight is 269 g/mol. The molecule has 0 spiro atoms. The quantitative estimate of drug-likeness (QED) is 0.746. The van der Waals surface area contributed by atoms with Gasteiger partial charge in [0.05, 0.1) is 5.92 Å². The molecule has 1 rings (SSSR count). The number of hydrogen-bond acceptors (Lipinski definition) is 5. The number of nitrogens with two attached hydrogens (primary N) is 1. The monoisotopic (exact) mass is 269 g/mol. The Labute approximate surface area is 115 Å². The molecule has 0 bridgehead atoms. The van der Waals surface area contributed by atoms with Crippen LogP contribution in [0.2, 0.25) is 0 Å². The Hall–Kier alpha value is -0.940. The molecule has 1 heterocycles. The van der Waals surface area contributed by atoms with Crippen LogP contribution in [-0.2, 0) is 10.3 Å². The van der Waals surface area contributed by atoms with E-state index in [0.29, 0.717) is 24.9 Å². The van der Waals surface area contributed by atoms with Gasteiger partial charge in [0, 0.05) is 13.2 Å². The Bertz CT molecular complexity index is 361. The van der Waals surface area contributed by atoms with Gasteiger partial charge in [-0.25, -0.2) is 0 Å². The molecule has 0 aliphatic rings. The molecule has 0 radical (unpaired) electrons. The highest BCUT2D eigenvalue weighted by Crippen LogP contribution is 2.32. The fraction of sp³-hybridized carbons (Fsp3) is 0.857. The minimum Gasteiger partial charge on any atom is -0.367 e. The molecule has 1 unspecified atom stereocenters. The Balaban J connectivity index is 2.98. The van der Waals surface area contributed by atoms with Crippen molar-refractivity contribution in [1.29, 1.82) is 0 Å². The van der Waals surface area contributed by atoms with Gasteiger partial charge in [0.25, 0.3) is 0 Å². The molecule has 0 aliphatic carbocycles. The highest BCUT2D eigenvalue weighted by atomic mass is 16.5. The van der Waals surface area contributed by atoms with E-state index in [2.05, 4.69) is 30.9 Å². The van der Waals surface area contributed by atoms with Crippen molar-refractivity contribution in [2.45, 2.75) is 64.9 Å². The van der Waals surface area contributed by atoms with E-state index in [9.17, 15) is 0 Å². The zero-order valence-corrected chi connectivity index (χ0v) is 12.6. The van der Waals surface area contributed by atoms with Crippen molar-refractivity contribution in [3.63, 3.8) is 0 Å². The fourth-order valence-corrected chi connectivity index (χ4v) is 2.39. The predicted octanol–water partition coefficient (Wildman–Crippen LogP) is 2.96. The molecule has 5 nitrogen and oxygen atoms in total. The van der Waals surface area contributed by atoms with Crippen LogP contribution >= 0.6 is 0 Å². The summed E-state index contributed by atoms with van der Waals surface area (Å²) in [5.74, 6) is 1.45. The topological polar surface area (TPSA) is 74.2 Å².